The minimum Gasteiger partial charge on any atom is -0.485 e. The fraction of sp³-hybridized carbons (Fsp3) is 0.321. The van der Waals surface area contributed by atoms with Gasteiger partial charge in [-0.05, 0) is 42.8 Å². The van der Waals surface area contributed by atoms with Crippen LogP contribution in [0.15, 0.2) is 64.7 Å². The number of fused-ring (bicyclic) bond motifs is 1. The average Bonchev–Trinajstić information content (AvgIpc) is 2.97. The van der Waals surface area contributed by atoms with Gasteiger partial charge < -0.3 is 14.2 Å². The summed E-state index contributed by atoms with van der Waals surface area (Å²) in [5.41, 5.74) is 1.95. The van der Waals surface area contributed by atoms with Crippen LogP contribution in [0, 0.1) is 5.82 Å². The number of benzene rings is 1. The summed E-state index contributed by atoms with van der Waals surface area (Å²) < 4.78 is 57.2. The van der Waals surface area contributed by atoms with E-state index in [9.17, 15) is 17.6 Å². The molecule has 3 aromatic heterocycles. The smallest absolute Gasteiger partial charge is 0.300 e. The molecule has 0 saturated carbocycles. The lowest BCUT2D eigenvalue weighted by atomic mass is 10.1. The number of hydrogen-bond acceptors (Lipinski definition) is 9. The maximum Gasteiger partial charge on any atom is 0.300 e. The van der Waals surface area contributed by atoms with Gasteiger partial charge in [0.25, 0.3) is 5.56 Å². The number of halogens is 2. The van der Waals surface area contributed by atoms with Gasteiger partial charge in [-0.15, -0.1) is 0 Å². The second kappa shape index (κ2) is 12.5. The van der Waals surface area contributed by atoms with Crippen LogP contribution in [0.5, 0.6) is 11.6 Å². The number of morpholine rings is 1. The number of methoxy groups -OCH3 is 1. The third-order valence-electron chi connectivity index (χ3n) is 6.76. The Morgan fingerprint density at radius 3 is 2.63 bits per heavy atom. The summed E-state index contributed by atoms with van der Waals surface area (Å²) in [6.45, 7) is 4.04. The third kappa shape index (κ3) is 6.67. The van der Waals surface area contributed by atoms with E-state index in [1.807, 2.05) is 0 Å². The van der Waals surface area contributed by atoms with E-state index in [1.54, 1.807) is 30.6 Å². The van der Waals surface area contributed by atoms with Gasteiger partial charge in [-0.1, -0.05) is 11.6 Å². The van der Waals surface area contributed by atoms with Gasteiger partial charge in [-0.2, -0.15) is 0 Å². The summed E-state index contributed by atoms with van der Waals surface area (Å²) in [6.07, 6.45) is 4.71. The zero-order valence-corrected chi connectivity index (χ0v) is 23.8. The maximum absolute atomic E-state index is 13.4. The molecule has 4 heterocycles. The largest absolute Gasteiger partial charge is 0.485 e. The number of pyridine rings is 2. The highest BCUT2D eigenvalue weighted by Crippen LogP contribution is 2.28. The molecule has 0 aliphatic carbocycles. The fourth-order valence-corrected chi connectivity index (χ4v) is 6.40. The van der Waals surface area contributed by atoms with Crippen molar-refractivity contribution < 1.29 is 27.0 Å². The van der Waals surface area contributed by atoms with Crippen molar-refractivity contribution in [1.82, 2.24) is 19.3 Å². The zero-order chi connectivity index (χ0) is 29.0. The summed E-state index contributed by atoms with van der Waals surface area (Å²) in [6, 6.07) is 8.44. The Balaban J connectivity index is 1.37. The maximum atomic E-state index is 13.4. The number of ether oxygens (including phenoxy) is 3. The van der Waals surface area contributed by atoms with Gasteiger partial charge in [0.2, 0.25) is 11.6 Å². The van der Waals surface area contributed by atoms with Gasteiger partial charge in [-0.25, -0.2) is 22.8 Å². The third-order valence-corrected chi connectivity index (χ3v) is 8.95. The normalized spacial score (nSPS) is 14.3. The summed E-state index contributed by atoms with van der Waals surface area (Å²) in [5.74, 6) is -0.508. The van der Waals surface area contributed by atoms with Crippen LogP contribution in [-0.2, 0) is 21.0 Å². The summed E-state index contributed by atoms with van der Waals surface area (Å²) in [4.78, 5) is 23.9. The molecule has 10 nitrogen and oxygen atoms in total. The fourth-order valence-electron chi connectivity index (χ4n) is 4.54. The lowest BCUT2D eigenvalue weighted by Crippen LogP contribution is -2.38. The molecule has 1 saturated heterocycles. The van der Waals surface area contributed by atoms with E-state index in [4.69, 9.17) is 25.8 Å². The van der Waals surface area contributed by atoms with Crippen molar-refractivity contribution in [3.63, 3.8) is 0 Å². The Morgan fingerprint density at radius 2 is 1.88 bits per heavy atom. The highest BCUT2D eigenvalue weighted by molar-refractivity contribution is 7.91. The Hall–Kier alpha value is -3.58. The van der Waals surface area contributed by atoms with Crippen molar-refractivity contribution in [3.05, 3.63) is 81.7 Å². The van der Waals surface area contributed by atoms with E-state index < -0.39 is 15.7 Å². The summed E-state index contributed by atoms with van der Waals surface area (Å²) in [5, 5.41) is -0.177. The molecular weight excluding hydrogens is 575 g/mol. The van der Waals surface area contributed by atoms with E-state index >= 15 is 0 Å². The Labute approximate surface area is 241 Å². The van der Waals surface area contributed by atoms with Crippen LogP contribution in [0.4, 0.5) is 4.39 Å². The molecule has 1 aliphatic heterocycles. The second-order valence-corrected chi connectivity index (χ2v) is 11.9. The van der Waals surface area contributed by atoms with E-state index in [-0.39, 0.29) is 39.3 Å². The molecule has 0 bridgehead atoms. The minimum absolute atomic E-state index is 0.0657. The molecule has 1 aliphatic rings. The number of aromatic nitrogens is 3. The van der Waals surface area contributed by atoms with Crippen molar-refractivity contribution in [2.24, 2.45) is 0 Å². The lowest BCUT2D eigenvalue weighted by molar-refractivity contribution is 0.0321. The van der Waals surface area contributed by atoms with Crippen LogP contribution in [0.1, 0.15) is 5.56 Å². The Bertz CT molecular complexity index is 1730. The predicted octanol–water partition coefficient (Wildman–Crippen LogP) is 3.29. The lowest BCUT2D eigenvalue weighted by Gasteiger charge is -2.26. The molecular formula is C28H28ClFN4O6S. The number of nitrogens with zero attached hydrogens (tertiary/aromatic N) is 4. The quantitative estimate of drug-likeness (QED) is 0.252. The van der Waals surface area contributed by atoms with E-state index in [0.717, 1.165) is 31.3 Å². The molecule has 0 unspecified atom stereocenters. The minimum atomic E-state index is -3.82. The van der Waals surface area contributed by atoms with Crippen molar-refractivity contribution in [1.29, 1.82) is 0 Å². The molecule has 41 heavy (non-hydrogen) atoms. The molecule has 1 fully saturated rings. The zero-order valence-electron chi connectivity index (χ0n) is 22.3. The first-order valence-corrected chi connectivity index (χ1v) is 14.9. The van der Waals surface area contributed by atoms with Crippen LogP contribution >= 0.6 is 11.6 Å². The first kappa shape index (κ1) is 28.9. The summed E-state index contributed by atoms with van der Waals surface area (Å²) >= 11 is 5.99. The van der Waals surface area contributed by atoms with Gasteiger partial charge in [0.05, 0.1) is 42.2 Å². The first-order chi connectivity index (χ1) is 19.7. The molecule has 0 spiro atoms. The van der Waals surface area contributed by atoms with E-state index in [0.29, 0.717) is 48.7 Å². The van der Waals surface area contributed by atoms with Crippen molar-refractivity contribution in [2.45, 2.75) is 11.3 Å². The van der Waals surface area contributed by atoms with Gasteiger partial charge in [0.1, 0.15) is 18.1 Å². The van der Waals surface area contributed by atoms with Gasteiger partial charge in [-0.3, -0.25) is 14.1 Å². The van der Waals surface area contributed by atoms with Gasteiger partial charge in [0.15, 0.2) is 9.84 Å². The first-order valence-electron chi connectivity index (χ1n) is 12.9. The number of aryl methyl sites for hydroxylation is 1. The van der Waals surface area contributed by atoms with E-state index in [1.165, 1.54) is 17.7 Å². The second-order valence-electron chi connectivity index (χ2n) is 9.41. The Kier molecular flexibility index (Phi) is 8.83. The SMILES string of the molecule is COc1ncc(-c2ccc3ncc(OCCN4CCOCC4)c(=O)n3c2)cc1CCS(=O)(=O)c1ccc(F)cc1Cl. The topological polar surface area (TPSA) is 112 Å². The highest BCUT2D eigenvalue weighted by Gasteiger charge is 2.20. The van der Waals surface area contributed by atoms with Gasteiger partial charge in [0, 0.05) is 48.7 Å². The monoisotopic (exact) mass is 602 g/mol. The van der Waals surface area contributed by atoms with E-state index in [2.05, 4.69) is 14.9 Å². The number of sulfone groups is 1. The predicted molar refractivity (Wildman–Crippen MR) is 151 cm³/mol. The van der Waals surface area contributed by atoms with Crippen molar-refractivity contribution in [3.8, 4) is 22.8 Å². The molecule has 0 N–H and O–H groups in total. The number of hydrogen-bond donors (Lipinski definition) is 0. The van der Waals surface area contributed by atoms with Gasteiger partial charge >= 0.3 is 0 Å². The molecule has 0 atom stereocenters. The molecule has 4 aromatic rings. The standard InChI is InChI=1S/C28H28ClFN4O6S/c1-38-27-19(6-13-41(36,37)25-4-3-22(30)15-23(25)29)14-21(16-32-27)20-2-5-26-31-17-24(28(35)34(26)18-20)40-12-9-33-7-10-39-11-8-33/h2-5,14-18H,6-13H2,1H3. The molecule has 216 valence electrons. The molecule has 1 aromatic carbocycles. The van der Waals surface area contributed by atoms with Crippen LogP contribution in [-0.4, -0.2) is 80.0 Å². The average molecular weight is 603 g/mol. The van der Waals surface area contributed by atoms with Crippen LogP contribution in [0.25, 0.3) is 16.8 Å². The molecule has 0 amide bonds. The molecule has 13 heteroatoms. The van der Waals surface area contributed by atoms with Crippen molar-refractivity contribution >= 4 is 27.1 Å². The Morgan fingerprint density at radius 1 is 1.07 bits per heavy atom. The highest BCUT2D eigenvalue weighted by atomic mass is 35.5. The molecule has 0 radical (unpaired) electrons. The van der Waals surface area contributed by atoms with Crippen LogP contribution in [0.2, 0.25) is 5.02 Å². The molecule has 5 rings (SSSR count). The van der Waals surface area contributed by atoms with Crippen molar-refractivity contribution in [2.75, 3.05) is 52.3 Å². The summed E-state index contributed by atoms with van der Waals surface area (Å²) in [7, 11) is -2.38. The number of rotatable bonds is 10. The van der Waals surface area contributed by atoms with Crippen LogP contribution in [0.3, 0.4) is 0 Å². The van der Waals surface area contributed by atoms with Crippen LogP contribution < -0.4 is 15.0 Å².